The van der Waals surface area contributed by atoms with Crippen molar-refractivity contribution in [3.8, 4) is 0 Å². The molecule has 0 saturated heterocycles. The van der Waals surface area contributed by atoms with Crippen LogP contribution in [0.15, 0.2) is 24.3 Å². The van der Waals surface area contributed by atoms with E-state index < -0.39 is 0 Å². The molecule has 0 aliphatic carbocycles. The molecule has 1 aromatic rings. The number of hydrogen-bond donors (Lipinski definition) is 2. The molecule has 0 bridgehead atoms. The van der Waals surface area contributed by atoms with Gasteiger partial charge in [-0.2, -0.15) is 0 Å². The number of amides is 1. The highest BCUT2D eigenvalue weighted by Crippen LogP contribution is 2.31. The smallest absolute Gasteiger partial charge is 0.229 e. The minimum Gasteiger partial charge on any atom is -0.384 e. The molecule has 1 amide bonds. The lowest BCUT2D eigenvalue weighted by molar-refractivity contribution is -0.123. The van der Waals surface area contributed by atoms with Crippen molar-refractivity contribution in [3.05, 3.63) is 29.8 Å². The van der Waals surface area contributed by atoms with E-state index in [-0.39, 0.29) is 17.9 Å². The molecule has 2 unspecified atom stereocenters. The summed E-state index contributed by atoms with van der Waals surface area (Å²) in [4.78, 5) is 12.3. The second-order valence-electron chi connectivity index (χ2n) is 5.29. The Balaban J connectivity index is 2.07. The normalized spacial score (nSPS) is 19.2. The SMILES string of the molecule is CCC(NC(=O)C1CNc2ccccc21)C(C)C. The van der Waals surface area contributed by atoms with Gasteiger partial charge in [-0.15, -0.1) is 0 Å². The van der Waals surface area contributed by atoms with Crippen molar-refractivity contribution in [1.29, 1.82) is 0 Å². The average molecular weight is 246 g/mol. The van der Waals surface area contributed by atoms with Crippen LogP contribution >= 0.6 is 0 Å². The maximum absolute atomic E-state index is 12.3. The number of rotatable bonds is 4. The van der Waals surface area contributed by atoms with E-state index in [1.807, 2.05) is 24.3 Å². The number of fused-ring (bicyclic) bond motifs is 1. The molecular formula is C15H22N2O. The lowest BCUT2D eigenvalue weighted by Gasteiger charge is -2.22. The van der Waals surface area contributed by atoms with Gasteiger partial charge in [0.2, 0.25) is 5.91 Å². The fourth-order valence-corrected chi connectivity index (χ4v) is 2.54. The van der Waals surface area contributed by atoms with E-state index in [1.165, 1.54) is 0 Å². The summed E-state index contributed by atoms with van der Waals surface area (Å²) in [5.41, 5.74) is 2.21. The van der Waals surface area contributed by atoms with Gasteiger partial charge in [0.1, 0.15) is 0 Å². The third-order valence-corrected chi connectivity index (χ3v) is 3.72. The third-order valence-electron chi connectivity index (χ3n) is 3.72. The maximum Gasteiger partial charge on any atom is 0.229 e. The summed E-state index contributed by atoms with van der Waals surface area (Å²) in [5.74, 6) is 0.575. The molecule has 0 spiro atoms. The molecule has 0 fully saturated rings. The van der Waals surface area contributed by atoms with Crippen molar-refractivity contribution in [2.45, 2.75) is 39.2 Å². The fraction of sp³-hybridized carbons (Fsp3) is 0.533. The first-order chi connectivity index (χ1) is 8.63. The third kappa shape index (κ3) is 2.50. The molecule has 0 saturated carbocycles. The first-order valence-electron chi connectivity index (χ1n) is 6.76. The van der Waals surface area contributed by atoms with Gasteiger partial charge in [0.25, 0.3) is 0 Å². The van der Waals surface area contributed by atoms with Crippen molar-refractivity contribution in [3.63, 3.8) is 0 Å². The Morgan fingerprint density at radius 2 is 2.17 bits per heavy atom. The van der Waals surface area contributed by atoms with Crippen LogP contribution < -0.4 is 10.6 Å². The number of nitrogens with one attached hydrogen (secondary N) is 2. The number of para-hydroxylation sites is 1. The minimum atomic E-state index is -0.0472. The highest BCUT2D eigenvalue weighted by molar-refractivity contribution is 5.88. The van der Waals surface area contributed by atoms with Crippen molar-refractivity contribution < 1.29 is 4.79 Å². The second kappa shape index (κ2) is 5.42. The number of anilines is 1. The lowest BCUT2D eigenvalue weighted by Crippen LogP contribution is -2.41. The van der Waals surface area contributed by atoms with Crippen LogP contribution in [0.2, 0.25) is 0 Å². The summed E-state index contributed by atoms with van der Waals surface area (Å²) >= 11 is 0. The molecule has 2 rings (SSSR count). The van der Waals surface area contributed by atoms with E-state index in [2.05, 4.69) is 31.4 Å². The van der Waals surface area contributed by atoms with E-state index in [4.69, 9.17) is 0 Å². The van der Waals surface area contributed by atoms with Crippen LogP contribution in [0.25, 0.3) is 0 Å². The molecule has 18 heavy (non-hydrogen) atoms. The Hall–Kier alpha value is -1.51. The Kier molecular flexibility index (Phi) is 3.90. The van der Waals surface area contributed by atoms with Gasteiger partial charge >= 0.3 is 0 Å². The highest BCUT2D eigenvalue weighted by atomic mass is 16.2. The van der Waals surface area contributed by atoms with E-state index in [9.17, 15) is 4.79 Å². The van der Waals surface area contributed by atoms with Crippen molar-refractivity contribution in [1.82, 2.24) is 5.32 Å². The monoisotopic (exact) mass is 246 g/mol. The predicted octanol–water partition coefficient (Wildman–Crippen LogP) is 2.75. The molecule has 1 aromatic carbocycles. The van der Waals surface area contributed by atoms with Crippen LogP contribution in [0.1, 0.15) is 38.7 Å². The van der Waals surface area contributed by atoms with Gasteiger partial charge in [0.05, 0.1) is 5.92 Å². The summed E-state index contributed by atoms with van der Waals surface area (Å²) in [6.07, 6.45) is 0.977. The number of benzene rings is 1. The lowest BCUT2D eigenvalue weighted by atomic mass is 9.97. The fourth-order valence-electron chi connectivity index (χ4n) is 2.54. The highest BCUT2D eigenvalue weighted by Gasteiger charge is 2.29. The summed E-state index contributed by atoms with van der Waals surface area (Å²) in [6, 6.07) is 8.32. The first kappa shape index (κ1) is 12.9. The molecule has 1 heterocycles. The molecule has 2 N–H and O–H groups in total. The van der Waals surface area contributed by atoms with Crippen LogP contribution in [0, 0.1) is 5.92 Å². The van der Waals surface area contributed by atoms with E-state index >= 15 is 0 Å². The molecular weight excluding hydrogens is 224 g/mol. The van der Waals surface area contributed by atoms with Gasteiger partial charge in [-0.1, -0.05) is 39.0 Å². The van der Waals surface area contributed by atoms with Crippen LogP contribution in [0.3, 0.4) is 0 Å². The van der Waals surface area contributed by atoms with Gasteiger partial charge in [0.15, 0.2) is 0 Å². The van der Waals surface area contributed by atoms with E-state index in [0.29, 0.717) is 12.5 Å². The Labute approximate surface area is 109 Å². The summed E-state index contributed by atoms with van der Waals surface area (Å²) in [6.45, 7) is 7.12. The molecule has 1 aliphatic heterocycles. The summed E-state index contributed by atoms with van der Waals surface area (Å²) < 4.78 is 0. The van der Waals surface area contributed by atoms with Crippen LogP contribution in [0.4, 0.5) is 5.69 Å². The zero-order chi connectivity index (χ0) is 13.1. The predicted molar refractivity (Wildman–Crippen MR) is 74.7 cm³/mol. The van der Waals surface area contributed by atoms with Crippen molar-refractivity contribution in [2.24, 2.45) is 5.92 Å². The Bertz CT molecular complexity index is 428. The van der Waals surface area contributed by atoms with Crippen LogP contribution in [0.5, 0.6) is 0 Å². The number of carbonyl (C=O) groups is 1. The Morgan fingerprint density at radius 3 is 2.83 bits per heavy atom. The second-order valence-corrected chi connectivity index (χ2v) is 5.29. The molecule has 1 aliphatic rings. The average Bonchev–Trinajstić information content (AvgIpc) is 2.79. The van der Waals surface area contributed by atoms with E-state index in [1.54, 1.807) is 0 Å². The Morgan fingerprint density at radius 1 is 1.44 bits per heavy atom. The topological polar surface area (TPSA) is 41.1 Å². The molecule has 2 atom stereocenters. The maximum atomic E-state index is 12.3. The van der Waals surface area contributed by atoms with Crippen molar-refractivity contribution in [2.75, 3.05) is 11.9 Å². The minimum absolute atomic E-state index is 0.0472. The van der Waals surface area contributed by atoms with Gasteiger partial charge < -0.3 is 10.6 Å². The quantitative estimate of drug-likeness (QED) is 0.857. The number of hydrogen-bond acceptors (Lipinski definition) is 2. The first-order valence-corrected chi connectivity index (χ1v) is 6.76. The van der Waals surface area contributed by atoms with Crippen LogP contribution in [-0.2, 0) is 4.79 Å². The standard InChI is InChI=1S/C15H22N2O/c1-4-13(10(2)3)17-15(18)12-9-16-14-8-6-5-7-11(12)14/h5-8,10,12-13,16H,4,9H2,1-3H3,(H,17,18). The van der Waals surface area contributed by atoms with Crippen LogP contribution in [-0.4, -0.2) is 18.5 Å². The van der Waals surface area contributed by atoms with Gasteiger partial charge in [-0.3, -0.25) is 4.79 Å². The summed E-state index contributed by atoms with van der Waals surface area (Å²) in [7, 11) is 0. The molecule has 0 radical (unpaired) electrons. The van der Waals surface area contributed by atoms with Gasteiger partial charge in [-0.05, 0) is 24.0 Å². The summed E-state index contributed by atoms with van der Waals surface area (Å²) in [5, 5.41) is 6.46. The molecule has 0 aromatic heterocycles. The zero-order valence-corrected chi connectivity index (χ0v) is 11.4. The largest absolute Gasteiger partial charge is 0.384 e. The number of carbonyl (C=O) groups excluding carboxylic acids is 1. The molecule has 3 nitrogen and oxygen atoms in total. The van der Waals surface area contributed by atoms with Gasteiger partial charge in [0, 0.05) is 18.3 Å². The van der Waals surface area contributed by atoms with Gasteiger partial charge in [-0.25, -0.2) is 0 Å². The van der Waals surface area contributed by atoms with E-state index in [0.717, 1.165) is 17.7 Å². The zero-order valence-electron chi connectivity index (χ0n) is 11.4. The van der Waals surface area contributed by atoms with Crippen molar-refractivity contribution >= 4 is 11.6 Å². The molecule has 3 heteroatoms. The molecule has 98 valence electrons.